The number of para-hydroxylation sites is 1. The van der Waals surface area contributed by atoms with E-state index in [9.17, 15) is 4.79 Å². The number of nitrogens with one attached hydrogen (secondary N) is 2. The Morgan fingerprint density at radius 3 is 2.73 bits per heavy atom. The maximum Gasteiger partial charge on any atom is 0.270 e. The number of halogens is 1. The van der Waals surface area contributed by atoms with Gasteiger partial charge in [-0.05, 0) is 48.3 Å². The van der Waals surface area contributed by atoms with E-state index in [1.165, 1.54) is 0 Å². The van der Waals surface area contributed by atoms with Crippen LogP contribution in [0.1, 0.15) is 36.6 Å². The molecule has 2 rings (SSSR count). The maximum absolute atomic E-state index is 12.2. The van der Waals surface area contributed by atoms with E-state index in [-0.39, 0.29) is 11.9 Å². The number of hydrogen-bond donors (Lipinski definition) is 2. The number of aryl methyl sites for hydroxylation is 1. The normalized spacial score (nSPS) is 11.8. The number of carbonyl (C=O) groups is 1. The molecule has 0 aliphatic heterocycles. The summed E-state index contributed by atoms with van der Waals surface area (Å²) in [5.74, 6) is 0.954. The Hall–Kier alpha value is -1.95. The van der Waals surface area contributed by atoms with Gasteiger partial charge in [0.1, 0.15) is 17.3 Å². The summed E-state index contributed by atoms with van der Waals surface area (Å²) in [6, 6.07) is 9.50. The van der Waals surface area contributed by atoms with Crippen LogP contribution in [0.15, 0.2) is 34.8 Å². The molecule has 1 unspecified atom stereocenters. The van der Waals surface area contributed by atoms with Crippen LogP contribution in [0.4, 0.5) is 11.5 Å². The standard InChI is InChI=1S/C16H19BrN4O/c1-4-10(2)18-16(22)14-9-15(20-11(3)19-14)21-13-8-6-5-7-12(13)17/h5-10H,4H2,1-3H3,(H,18,22)(H,19,20,21). The number of benzene rings is 1. The minimum absolute atomic E-state index is 0.113. The van der Waals surface area contributed by atoms with Gasteiger partial charge in [0.25, 0.3) is 5.91 Å². The lowest BCUT2D eigenvalue weighted by atomic mass is 10.2. The van der Waals surface area contributed by atoms with Gasteiger partial charge in [0.15, 0.2) is 0 Å². The molecule has 0 bridgehead atoms. The predicted octanol–water partition coefficient (Wildman–Crippen LogP) is 3.82. The quantitative estimate of drug-likeness (QED) is 0.848. The third-order valence-electron chi connectivity index (χ3n) is 3.20. The molecule has 1 aromatic carbocycles. The maximum atomic E-state index is 12.2. The Kier molecular flexibility index (Phi) is 5.49. The highest BCUT2D eigenvalue weighted by atomic mass is 79.9. The van der Waals surface area contributed by atoms with Crippen LogP contribution < -0.4 is 10.6 Å². The van der Waals surface area contributed by atoms with Crippen LogP contribution in [0, 0.1) is 6.92 Å². The summed E-state index contributed by atoms with van der Waals surface area (Å²) >= 11 is 3.48. The van der Waals surface area contributed by atoms with Gasteiger partial charge in [-0.25, -0.2) is 9.97 Å². The van der Waals surface area contributed by atoms with E-state index in [0.29, 0.717) is 17.3 Å². The summed E-state index contributed by atoms with van der Waals surface area (Å²) in [6.45, 7) is 5.76. The molecule has 22 heavy (non-hydrogen) atoms. The zero-order valence-corrected chi connectivity index (χ0v) is 14.4. The van der Waals surface area contributed by atoms with Gasteiger partial charge in [0.2, 0.25) is 0 Å². The number of anilines is 2. The molecule has 6 heteroatoms. The Bertz CT molecular complexity index is 675. The molecule has 1 atom stereocenters. The number of rotatable bonds is 5. The van der Waals surface area contributed by atoms with E-state index < -0.39 is 0 Å². The molecule has 0 spiro atoms. The van der Waals surface area contributed by atoms with Crippen LogP contribution in [-0.4, -0.2) is 21.9 Å². The SMILES string of the molecule is CCC(C)NC(=O)c1cc(Nc2ccccc2Br)nc(C)n1. The van der Waals surface area contributed by atoms with Gasteiger partial charge in [-0.15, -0.1) is 0 Å². The zero-order valence-electron chi connectivity index (χ0n) is 12.9. The van der Waals surface area contributed by atoms with E-state index in [1.807, 2.05) is 38.1 Å². The summed E-state index contributed by atoms with van der Waals surface area (Å²) < 4.78 is 0.928. The number of hydrogen-bond acceptors (Lipinski definition) is 4. The van der Waals surface area contributed by atoms with Crippen molar-refractivity contribution in [3.8, 4) is 0 Å². The molecule has 5 nitrogen and oxygen atoms in total. The van der Waals surface area contributed by atoms with Crippen molar-refractivity contribution >= 4 is 33.3 Å². The van der Waals surface area contributed by atoms with Gasteiger partial charge >= 0.3 is 0 Å². The number of nitrogens with zero attached hydrogens (tertiary/aromatic N) is 2. The van der Waals surface area contributed by atoms with E-state index in [4.69, 9.17) is 0 Å². The first-order valence-corrected chi connectivity index (χ1v) is 7.97. The lowest BCUT2D eigenvalue weighted by molar-refractivity contribution is 0.0934. The fraction of sp³-hybridized carbons (Fsp3) is 0.312. The van der Waals surface area contributed by atoms with E-state index in [1.54, 1.807) is 13.0 Å². The molecule has 2 N–H and O–H groups in total. The van der Waals surface area contributed by atoms with E-state index in [0.717, 1.165) is 16.6 Å². The molecular formula is C16H19BrN4O. The second-order valence-electron chi connectivity index (χ2n) is 5.07. The lowest BCUT2D eigenvalue weighted by Gasteiger charge is -2.13. The van der Waals surface area contributed by atoms with Crippen LogP contribution in [0.3, 0.4) is 0 Å². The number of amides is 1. The molecule has 116 valence electrons. The van der Waals surface area contributed by atoms with Crippen molar-refractivity contribution in [2.45, 2.75) is 33.2 Å². The van der Waals surface area contributed by atoms with Gasteiger partial charge < -0.3 is 10.6 Å². The van der Waals surface area contributed by atoms with Gasteiger partial charge in [-0.3, -0.25) is 4.79 Å². The highest BCUT2D eigenvalue weighted by Crippen LogP contribution is 2.24. The van der Waals surface area contributed by atoms with Gasteiger partial charge in [0, 0.05) is 16.6 Å². The molecule has 0 saturated carbocycles. The van der Waals surface area contributed by atoms with Crippen LogP contribution >= 0.6 is 15.9 Å². The topological polar surface area (TPSA) is 66.9 Å². The number of aromatic nitrogens is 2. The molecule has 0 radical (unpaired) electrons. The Morgan fingerprint density at radius 1 is 1.32 bits per heavy atom. The summed E-state index contributed by atoms with van der Waals surface area (Å²) in [4.78, 5) is 20.7. The van der Waals surface area contributed by atoms with Crippen molar-refractivity contribution in [1.29, 1.82) is 0 Å². The molecule has 1 heterocycles. The largest absolute Gasteiger partial charge is 0.348 e. The average Bonchev–Trinajstić information content (AvgIpc) is 2.49. The molecule has 1 aromatic heterocycles. The predicted molar refractivity (Wildman–Crippen MR) is 91.4 cm³/mol. The van der Waals surface area contributed by atoms with E-state index in [2.05, 4.69) is 36.5 Å². The third kappa shape index (κ3) is 4.27. The minimum atomic E-state index is -0.185. The average molecular weight is 363 g/mol. The van der Waals surface area contributed by atoms with Gasteiger partial charge in [-0.1, -0.05) is 19.1 Å². The van der Waals surface area contributed by atoms with Crippen LogP contribution in [0.25, 0.3) is 0 Å². The Morgan fingerprint density at radius 2 is 2.05 bits per heavy atom. The monoisotopic (exact) mass is 362 g/mol. The molecule has 0 aliphatic rings. The Balaban J connectivity index is 2.23. The smallest absolute Gasteiger partial charge is 0.270 e. The fourth-order valence-electron chi connectivity index (χ4n) is 1.85. The zero-order chi connectivity index (χ0) is 16.1. The second-order valence-corrected chi connectivity index (χ2v) is 5.93. The summed E-state index contributed by atoms with van der Waals surface area (Å²) in [5, 5.41) is 6.11. The molecule has 1 amide bonds. The van der Waals surface area contributed by atoms with Crippen molar-refractivity contribution < 1.29 is 4.79 Å². The van der Waals surface area contributed by atoms with Gasteiger partial charge in [-0.2, -0.15) is 0 Å². The van der Waals surface area contributed by atoms with Crippen molar-refractivity contribution in [3.05, 3.63) is 46.3 Å². The van der Waals surface area contributed by atoms with E-state index >= 15 is 0 Å². The molecule has 0 aliphatic carbocycles. The van der Waals surface area contributed by atoms with Crippen molar-refractivity contribution in [2.75, 3.05) is 5.32 Å². The second kappa shape index (κ2) is 7.35. The van der Waals surface area contributed by atoms with Crippen molar-refractivity contribution in [2.24, 2.45) is 0 Å². The highest BCUT2D eigenvalue weighted by molar-refractivity contribution is 9.10. The molecular weight excluding hydrogens is 344 g/mol. The summed E-state index contributed by atoms with van der Waals surface area (Å²) in [5.41, 5.74) is 1.25. The molecule has 0 fully saturated rings. The van der Waals surface area contributed by atoms with Crippen LogP contribution in [-0.2, 0) is 0 Å². The first-order chi connectivity index (χ1) is 10.5. The summed E-state index contributed by atoms with van der Waals surface area (Å²) in [7, 11) is 0. The van der Waals surface area contributed by atoms with Crippen molar-refractivity contribution in [3.63, 3.8) is 0 Å². The lowest BCUT2D eigenvalue weighted by Crippen LogP contribution is -2.32. The molecule has 2 aromatic rings. The Labute approximate surface area is 138 Å². The molecule has 0 saturated heterocycles. The first kappa shape index (κ1) is 16.4. The number of carbonyl (C=O) groups excluding carboxylic acids is 1. The summed E-state index contributed by atoms with van der Waals surface area (Å²) in [6.07, 6.45) is 0.873. The first-order valence-electron chi connectivity index (χ1n) is 7.17. The van der Waals surface area contributed by atoms with Crippen LogP contribution in [0.2, 0.25) is 0 Å². The van der Waals surface area contributed by atoms with Crippen LogP contribution in [0.5, 0.6) is 0 Å². The van der Waals surface area contributed by atoms with Gasteiger partial charge in [0.05, 0.1) is 5.69 Å². The highest BCUT2D eigenvalue weighted by Gasteiger charge is 2.13. The van der Waals surface area contributed by atoms with Crippen molar-refractivity contribution in [1.82, 2.24) is 15.3 Å². The third-order valence-corrected chi connectivity index (χ3v) is 3.89. The minimum Gasteiger partial charge on any atom is -0.348 e. The fourth-order valence-corrected chi connectivity index (χ4v) is 2.23.